The summed E-state index contributed by atoms with van der Waals surface area (Å²) < 4.78 is 0. The maximum absolute atomic E-state index is 6.47. The zero-order valence-corrected chi connectivity index (χ0v) is 11.8. The van der Waals surface area contributed by atoms with Crippen molar-refractivity contribution in [3.05, 3.63) is 35.9 Å². The fourth-order valence-electron chi connectivity index (χ4n) is 4.12. The second kappa shape index (κ2) is 5.65. The van der Waals surface area contributed by atoms with Crippen LogP contribution in [0.5, 0.6) is 0 Å². The van der Waals surface area contributed by atoms with Gasteiger partial charge in [-0.05, 0) is 49.0 Å². The van der Waals surface area contributed by atoms with Crippen LogP contribution in [-0.2, 0) is 0 Å². The van der Waals surface area contributed by atoms with Crippen molar-refractivity contribution in [2.45, 2.75) is 50.3 Å². The van der Waals surface area contributed by atoms with E-state index in [0.29, 0.717) is 0 Å². The van der Waals surface area contributed by atoms with Gasteiger partial charge in [0.2, 0.25) is 0 Å². The lowest BCUT2D eigenvalue weighted by atomic mass is 9.85. The largest absolute Gasteiger partial charge is 0.118 e. The normalized spacial score (nSPS) is 31.7. The average molecular weight is 263 g/mol. The molecule has 0 saturated heterocycles. The Balaban J connectivity index is 1.42. The lowest BCUT2D eigenvalue weighted by Crippen LogP contribution is -2.10. The molecule has 0 aliphatic heterocycles. The quantitative estimate of drug-likeness (QED) is 0.608. The number of hydrogen-bond donors (Lipinski definition) is 0. The number of hydrogen-bond acceptors (Lipinski definition) is 0. The Hall–Kier alpha value is -0.490. The third-order valence-electron chi connectivity index (χ3n) is 5.08. The minimum absolute atomic E-state index is 0.213. The van der Waals surface area contributed by atoms with Crippen molar-refractivity contribution >= 4 is 11.6 Å². The molecule has 0 heterocycles. The third kappa shape index (κ3) is 2.74. The molecule has 1 aromatic carbocycles. The molecule has 1 heteroatoms. The molecule has 2 fully saturated rings. The van der Waals surface area contributed by atoms with Crippen molar-refractivity contribution in [1.82, 2.24) is 0 Å². The van der Waals surface area contributed by atoms with E-state index in [0.717, 1.165) is 24.2 Å². The van der Waals surface area contributed by atoms with E-state index in [-0.39, 0.29) is 5.38 Å². The first-order valence-electron chi connectivity index (χ1n) is 7.52. The minimum atomic E-state index is 0.213. The van der Waals surface area contributed by atoms with Crippen molar-refractivity contribution in [2.24, 2.45) is 17.8 Å². The van der Waals surface area contributed by atoms with E-state index < -0.39 is 0 Å². The molecule has 0 radical (unpaired) electrons. The zero-order valence-electron chi connectivity index (χ0n) is 11.0. The monoisotopic (exact) mass is 262 g/mol. The van der Waals surface area contributed by atoms with E-state index in [2.05, 4.69) is 30.3 Å². The van der Waals surface area contributed by atoms with Gasteiger partial charge in [-0.25, -0.2) is 0 Å². The fraction of sp³-hybridized carbons (Fsp3) is 0.647. The molecule has 0 aromatic heterocycles. The van der Waals surface area contributed by atoms with Gasteiger partial charge in [-0.3, -0.25) is 0 Å². The van der Waals surface area contributed by atoms with Crippen molar-refractivity contribution in [1.29, 1.82) is 0 Å². The molecule has 2 bridgehead atoms. The molecule has 0 amide bonds. The van der Waals surface area contributed by atoms with Crippen LogP contribution in [0.25, 0.3) is 0 Å². The van der Waals surface area contributed by atoms with Crippen LogP contribution in [0.2, 0.25) is 0 Å². The van der Waals surface area contributed by atoms with Gasteiger partial charge in [-0.15, -0.1) is 11.6 Å². The SMILES string of the molecule is ClC(CCCC1CC2CCC1C2)c1ccccc1. The lowest BCUT2D eigenvalue weighted by molar-refractivity contribution is 0.305. The number of alkyl halides is 1. The molecule has 4 unspecified atom stereocenters. The maximum atomic E-state index is 6.47. The molecule has 98 valence electrons. The van der Waals surface area contributed by atoms with Crippen LogP contribution in [0.3, 0.4) is 0 Å². The van der Waals surface area contributed by atoms with Gasteiger partial charge < -0.3 is 0 Å². The average Bonchev–Trinajstić information content (AvgIpc) is 3.02. The Labute approximate surface area is 116 Å². The van der Waals surface area contributed by atoms with Crippen LogP contribution in [0.4, 0.5) is 0 Å². The van der Waals surface area contributed by atoms with Gasteiger partial charge in [0.1, 0.15) is 0 Å². The van der Waals surface area contributed by atoms with Gasteiger partial charge in [0.05, 0.1) is 5.38 Å². The molecule has 0 nitrogen and oxygen atoms in total. The van der Waals surface area contributed by atoms with E-state index in [4.69, 9.17) is 11.6 Å². The Bertz CT molecular complexity index is 372. The summed E-state index contributed by atoms with van der Waals surface area (Å²) in [5.74, 6) is 3.19. The van der Waals surface area contributed by atoms with E-state index in [1.165, 1.54) is 44.1 Å². The predicted molar refractivity (Wildman–Crippen MR) is 77.8 cm³/mol. The van der Waals surface area contributed by atoms with E-state index >= 15 is 0 Å². The standard InChI is InChI=1S/C17H23Cl/c18-17(14-5-2-1-3-6-14)8-4-7-15-11-13-9-10-16(15)12-13/h1-3,5-6,13,15-17H,4,7-12H2. The smallest absolute Gasteiger partial charge is 0.0585 e. The summed E-state index contributed by atoms with van der Waals surface area (Å²) in [4.78, 5) is 0. The van der Waals surface area contributed by atoms with Crippen molar-refractivity contribution in [2.75, 3.05) is 0 Å². The first-order chi connectivity index (χ1) is 8.83. The molecule has 4 atom stereocenters. The summed E-state index contributed by atoms with van der Waals surface area (Å²) >= 11 is 6.47. The van der Waals surface area contributed by atoms with Gasteiger partial charge in [0.25, 0.3) is 0 Å². The van der Waals surface area contributed by atoms with Crippen LogP contribution in [-0.4, -0.2) is 0 Å². The van der Waals surface area contributed by atoms with Gasteiger partial charge in [-0.2, -0.15) is 0 Å². The summed E-state index contributed by atoms with van der Waals surface area (Å²) in [7, 11) is 0. The van der Waals surface area contributed by atoms with Gasteiger partial charge in [-0.1, -0.05) is 49.6 Å². The number of benzene rings is 1. The highest BCUT2D eigenvalue weighted by Crippen LogP contribution is 2.50. The first-order valence-corrected chi connectivity index (χ1v) is 7.95. The summed E-state index contributed by atoms with van der Waals surface area (Å²) in [6.07, 6.45) is 9.94. The van der Waals surface area contributed by atoms with Crippen molar-refractivity contribution in [3.63, 3.8) is 0 Å². The van der Waals surface area contributed by atoms with Crippen LogP contribution >= 0.6 is 11.6 Å². The molecule has 2 aliphatic rings. The van der Waals surface area contributed by atoms with Crippen molar-refractivity contribution < 1.29 is 0 Å². The Morgan fingerprint density at radius 1 is 1.11 bits per heavy atom. The highest BCUT2D eigenvalue weighted by molar-refractivity contribution is 6.20. The molecule has 18 heavy (non-hydrogen) atoms. The molecule has 3 rings (SSSR count). The second-order valence-corrected chi connectivity index (χ2v) is 6.77. The van der Waals surface area contributed by atoms with Gasteiger partial charge in [0.15, 0.2) is 0 Å². The highest BCUT2D eigenvalue weighted by atomic mass is 35.5. The summed E-state index contributed by atoms with van der Waals surface area (Å²) in [5.41, 5.74) is 1.28. The Morgan fingerprint density at radius 3 is 2.61 bits per heavy atom. The second-order valence-electron chi connectivity index (χ2n) is 6.24. The van der Waals surface area contributed by atoms with Gasteiger partial charge in [0, 0.05) is 0 Å². The van der Waals surface area contributed by atoms with Crippen LogP contribution < -0.4 is 0 Å². The summed E-state index contributed by atoms with van der Waals surface area (Å²) in [5, 5.41) is 0.213. The summed E-state index contributed by atoms with van der Waals surface area (Å²) in [6, 6.07) is 10.5. The molecular formula is C17H23Cl. The third-order valence-corrected chi connectivity index (χ3v) is 5.55. The predicted octanol–water partition coefficient (Wildman–Crippen LogP) is 5.57. The molecule has 2 aliphatic carbocycles. The van der Waals surface area contributed by atoms with E-state index in [9.17, 15) is 0 Å². The topological polar surface area (TPSA) is 0 Å². The lowest BCUT2D eigenvalue weighted by Gasteiger charge is -2.21. The fourth-order valence-corrected chi connectivity index (χ4v) is 4.42. The van der Waals surface area contributed by atoms with E-state index in [1.807, 2.05) is 0 Å². The molecule has 2 saturated carbocycles. The number of halogens is 1. The Kier molecular flexibility index (Phi) is 3.94. The summed E-state index contributed by atoms with van der Waals surface area (Å²) in [6.45, 7) is 0. The van der Waals surface area contributed by atoms with Crippen LogP contribution in [0, 0.1) is 17.8 Å². The van der Waals surface area contributed by atoms with E-state index in [1.54, 1.807) is 0 Å². The molecule has 0 N–H and O–H groups in total. The zero-order chi connectivity index (χ0) is 12.4. The number of fused-ring (bicyclic) bond motifs is 2. The van der Waals surface area contributed by atoms with Crippen molar-refractivity contribution in [3.8, 4) is 0 Å². The van der Waals surface area contributed by atoms with Gasteiger partial charge >= 0.3 is 0 Å². The maximum Gasteiger partial charge on any atom is 0.0585 e. The number of rotatable bonds is 5. The molecule has 0 spiro atoms. The van der Waals surface area contributed by atoms with Crippen LogP contribution in [0.1, 0.15) is 55.9 Å². The minimum Gasteiger partial charge on any atom is -0.118 e. The molecular weight excluding hydrogens is 240 g/mol. The Morgan fingerprint density at radius 2 is 1.94 bits per heavy atom. The first kappa shape index (κ1) is 12.5. The van der Waals surface area contributed by atoms with Crippen LogP contribution in [0.15, 0.2) is 30.3 Å². The highest BCUT2D eigenvalue weighted by Gasteiger charge is 2.38. The molecule has 1 aromatic rings.